The van der Waals surface area contributed by atoms with E-state index in [4.69, 9.17) is 0 Å². The fourth-order valence-electron chi connectivity index (χ4n) is 2.45. The third kappa shape index (κ3) is 5.19. The van der Waals surface area contributed by atoms with Gasteiger partial charge >= 0.3 is 0 Å². The molecule has 1 amide bonds. The van der Waals surface area contributed by atoms with Crippen molar-refractivity contribution in [3.63, 3.8) is 0 Å². The lowest BCUT2D eigenvalue weighted by Gasteiger charge is -2.12. The number of nitrogens with zero attached hydrogens (tertiary/aromatic N) is 3. The molecule has 3 heterocycles. The van der Waals surface area contributed by atoms with Gasteiger partial charge in [0.2, 0.25) is 5.91 Å². The molecule has 28 heavy (non-hydrogen) atoms. The van der Waals surface area contributed by atoms with Crippen molar-refractivity contribution in [2.45, 2.75) is 43.4 Å². The maximum Gasteiger partial charge on any atom is 0.239 e. The summed E-state index contributed by atoms with van der Waals surface area (Å²) in [6, 6.07) is 9.83. The van der Waals surface area contributed by atoms with E-state index in [0.29, 0.717) is 15.7 Å². The predicted molar refractivity (Wildman–Crippen MR) is 117 cm³/mol. The quantitative estimate of drug-likeness (QED) is 0.472. The second kappa shape index (κ2) is 9.82. The van der Waals surface area contributed by atoms with E-state index in [9.17, 15) is 10.1 Å². The molecule has 3 rings (SSSR count). The zero-order chi connectivity index (χ0) is 19.9. The molecule has 0 fully saturated rings. The Balaban J connectivity index is 1.66. The molecular formula is C20H20N4OS3. The van der Waals surface area contributed by atoms with Crippen LogP contribution in [0.1, 0.15) is 37.9 Å². The molecule has 1 unspecified atom stereocenters. The number of hydrogen-bond acceptors (Lipinski definition) is 7. The molecule has 144 valence electrons. The Bertz CT molecular complexity index is 976. The number of hydrogen-bond donors (Lipinski definition) is 1. The number of rotatable bonds is 8. The second-order valence-electron chi connectivity index (χ2n) is 6.14. The average molecular weight is 429 g/mol. The summed E-state index contributed by atoms with van der Waals surface area (Å²) >= 11 is 4.33. The number of amides is 1. The van der Waals surface area contributed by atoms with Crippen molar-refractivity contribution in [2.24, 2.45) is 0 Å². The van der Waals surface area contributed by atoms with E-state index < -0.39 is 5.25 Å². The molecule has 0 aliphatic rings. The van der Waals surface area contributed by atoms with Crippen LogP contribution in [-0.2, 0) is 11.2 Å². The topological polar surface area (TPSA) is 78.7 Å². The smallest absolute Gasteiger partial charge is 0.239 e. The molecule has 0 bridgehead atoms. The van der Waals surface area contributed by atoms with Gasteiger partial charge in [-0.3, -0.25) is 4.79 Å². The van der Waals surface area contributed by atoms with Crippen molar-refractivity contribution in [3.05, 3.63) is 46.3 Å². The van der Waals surface area contributed by atoms with Crippen molar-refractivity contribution in [1.29, 1.82) is 5.26 Å². The number of thiophene rings is 1. The molecule has 0 radical (unpaired) electrons. The number of thiazole rings is 1. The molecule has 3 aromatic rings. The number of carbonyl (C=O) groups excluding carboxylic acids is 1. The molecule has 3 aromatic heterocycles. The summed E-state index contributed by atoms with van der Waals surface area (Å²) in [5.74, 6) is -0.151. The number of pyridine rings is 1. The number of anilines is 1. The monoisotopic (exact) mass is 428 g/mol. The summed E-state index contributed by atoms with van der Waals surface area (Å²) < 4.78 is 0. The molecule has 0 aromatic carbocycles. The lowest BCUT2D eigenvalue weighted by atomic mass is 10.2. The van der Waals surface area contributed by atoms with E-state index in [1.54, 1.807) is 17.4 Å². The zero-order valence-electron chi connectivity index (χ0n) is 15.6. The second-order valence-corrected chi connectivity index (χ2v) is 9.27. The largest absolute Gasteiger partial charge is 0.301 e. The molecule has 1 N–H and O–H groups in total. The van der Waals surface area contributed by atoms with E-state index in [1.165, 1.54) is 23.1 Å². The number of nitriles is 1. The van der Waals surface area contributed by atoms with E-state index >= 15 is 0 Å². The first-order valence-corrected chi connectivity index (χ1v) is 11.6. The molecule has 0 saturated heterocycles. The summed E-state index contributed by atoms with van der Waals surface area (Å²) in [6.45, 7) is 3.95. The number of carbonyl (C=O) groups is 1. The van der Waals surface area contributed by atoms with Gasteiger partial charge in [0.25, 0.3) is 0 Å². The molecular weight excluding hydrogens is 408 g/mol. The molecule has 0 aliphatic heterocycles. The van der Waals surface area contributed by atoms with Crippen molar-refractivity contribution >= 4 is 45.5 Å². The van der Waals surface area contributed by atoms with Crippen LogP contribution in [-0.4, -0.2) is 21.1 Å². The van der Waals surface area contributed by atoms with Crippen molar-refractivity contribution in [3.8, 4) is 16.6 Å². The number of thioether (sulfide) groups is 1. The number of unbranched alkanes of at least 4 members (excludes halogenated alkanes) is 1. The van der Waals surface area contributed by atoms with Gasteiger partial charge in [0.15, 0.2) is 5.13 Å². The average Bonchev–Trinajstić information content (AvgIpc) is 3.38. The van der Waals surface area contributed by atoms with Crippen molar-refractivity contribution in [1.82, 2.24) is 9.97 Å². The summed E-state index contributed by atoms with van der Waals surface area (Å²) in [6.07, 6.45) is 3.01. The maximum atomic E-state index is 12.6. The van der Waals surface area contributed by atoms with E-state index in [1.807, 2.05) is 35.9 Å². The lowest BCUT2D eigenvalue weighted by Crippen LogP contribution is -2.22. The van der Waals surface area contributed by atoms with Gasteiger partial charge in [-0.2, -0.15) is 5.26 Å². The van der Waals surface area contributed by atoms with Crippen LogP contribution in [0.3, 0.4) is 0 Å². The molecule has 0 aliphatic carbocycles. The zero-order valence-corrected chi connectivity index (χ0v) is 18.1. The Hall–Kier alpha value is -2.21. The minimum Gasteiger partial charge on any atom is -0.301 e. The Kier molecular flexibility index (Phi) is 7.20. The van der Waals surface area contributed by atoms with Crippen LogP contribution in [0.15, 0.2) is 40.1 Å². The van der Waals surface area contributed by atoms with Crippen LogP contribution in [0, 0.1) is 11.3 Å². The van der Waals surface area contributed by atoms with E-state index in [0.717, 1.165) is 35.5 Å². The van der Waals surface area contributed by atoms with Gasteiger partial charge in [0.05, 0.1) is 21.4 Å². The fourth-order valence-corrected chi connectivity index (χ4v) is 4.83. The molecule has 8 heteroatoms. The summed E-state index contributed by atoms with van der Waals surface area (Å²) in [5.41, 5.74) is 2.32. The maximum absolute atomic E-state index is 12.6. The van der Waals surface area contributed by atoms with Gasteiger partial charge in [-0.25, -0.2) is 9.97 Å². The minimum atomic E-state index is -0.393. The Morgan fingerprint density at radius 2 is 2.18 bits per heavy atom. The highest BCUT2D eigenvalue weighted by atomic mass is 32.2. The Labute approximate surface area is 176 Å². The van der Waals surface area contributed by atoms with Crippen LogP contribution in [0.5, 0.6) is 0 Å². The highest BCUT2D eigenvalue weighted by Gasteiger charge is 2.19. The summed E-state index contributed by atoms with van der Waals surface area (Å²) in [5, 5.41) is 17.0. The predicted octanol–water partition coefficient (Wildman–Crippen LogP) is 5.60. The summed E-state index contributed by atoms with van der Waals surface area (Å²) in [4.78, 5) is 22.8. The van der Waals surface area contributed by atoms with Gasteiger partial charge in [-0.1, -0.05) is 31.2 Å². The van der Waals surface area contributed by atoms with E-state index in [-0.39, 0.29) is 5.91 Å². The molecule has 5 nitrogen and oxygen atoms in total. The molecule has 1 atom stereocenters. The number of nitrogens with one attached hydrogen (secondary N) is 1. The third-order valence-corrected chi connectivity index (χ3v) is 6.74. The van der Waals surface area contributed by atoms with Gasteiger partial charge in [-0.05, 0) is 43.3 Å². The molecule has 0 spiro atoms. The highest BCUT2D eigenvalue weighted by molar-refractivity contribution is 8.00. The Morgan fingerprint density at radius 3 is 2.89 bits per heavy atom. The lowest BCUT2D eigenvalue weighted by molar-refractivity contribution is -0.115. The van der Waals surface area contributed by atoms with E-state index in [2.05, 4.69) is 28.3 Å². The highest BCUT2D eigenvalue weighted by Crippen LogP contribution is 2.30. The Morgan fingerprint density at radius 1 is 1.32 bits per heavy atom. The number of aryl methyl sites for hydroxylation is 1. The van der Waals surface area contributed by atoms with Crippen molar-refractivity contribution in [2.75, 3.05) is 5.32 Å². The molecule has 0 saturated carbocycles. The van der Waals surface area contributed by atoms with Crippen LogP contribution in [0.25, 0.3) is 10.6 Å². The minimum absolute atomic E-state index is 0.151. The summed E-state index contributed by atoms with van der Waals surface area (Å²) in [7, 11) is 0. The van der Waals surface area contributed by atoms with Crippen molar-refractivity contribution < 1.29 is 4.79 Å². The van der Waals surface area contributed by atoms with Gasteiger partial charge in [0.1, 0.15) is 11.1 Å². The first-order valence-electron chi connectivity index (χ1n) is 8.97. The number of aromatic nitrogens is 2. The van der Waals surface area contributed by atoms with Gasteiger partial charge in [0, 0.05) is 11.1 Å². The standard InChI is InChI=1S/C20H20N4OS3/c1-3-4-6-15-9-8-14(11-21)19(22-15)28-13(2)18(25)24-20-23-16(12-27-20)17-7-5-10-26-17/h5,7-10,12-13H,3-4,6H2,1-2H3,(H,23,24,25). The third-order valence-electron chi connectivity index (χ3n) is 3.99. The van der Waals surface area contributed by atoms with Crippen LogP contribution in [0.4, 0.5) is 5.13 Å². The van der Waals surface area contributed by atoms with Crippen LogP contribution in [0.2, 0.25) is 0 Å². The van der Waals surface area contributed by atoms with Crippen LogP contribution < -0.4 is 5.32 Å². The SMILES string of the molecule is CCCCc1ccc(C#N)c(SC(C)C(=O)Nc2nc(-c3cccs3)cs2)n1. The van der Waals surface area contributed by atoms with Gasteiger partial charge < -0.3 is 5.32 Å². The first kappa shape index (κ1) is 20.5. The fraction of sp³-hybridized carbons (Fsp3) is 0.300. The first-order chi connectivity index (χ1) is 13.6. The van der Waals surface area contributed by atoms with Crippen LogP contribution >= 0.6 is 34.4 Å². The van der Waals surface area contributed by atoms with Gasteiger partial charge in [-0.15, -0.1) is 22.7 Å². The normalized spacial score (nSPS) is 11.8.